The summed E-state index contributed by atoms with van der Waals surface area (Å²) in [5, 5.41) is 5.90. The van der Waals surface area contributed by atoms with Gasteiger partial charge in [0.25, 0.3) is 5.91 Å². The molecule has 2 N–H and O–H groups in total. The summed E-state index contributed by atoms with van der Waals surface area (Å²) >= 11 is 0. The molecule has 1 aliphatic carbocycles. The first-order chi connectivity index (χ1) is 15.1. The summed E-state index contributed by atoms with van der Waals surface area (Å²) < 4.78 is 10.9. The van der Waals surface area contributed by atoms with Crippen LogP contribution in [-0.2, 0) is 10.2 Å². The van der Waals surface area contributed by atoms with Crippen molar-refractivity contribution in [3.63, 3.8) is 0 Å². The number of methoxy groups -OCH3 is 1. The van der Waals surface area contributed by atoms with Crippen molar-refractivity contribution in [3.05, 3.63) is 65.7 Å². The number of para-hydroxylation sites is 1. The highest BCUT2D eigenvalue weighted by Crippen LogP contribution is 2.40. The Balaban J connectivity index is 1.69. The van der Waals surface area contributed by atoms with Crippen LogP contribution in [0.2, 0.25) is 0 Å². The Kier molecular flexibility index (Phi) is 7.93. The molecule has 0 bridgehead atoms. The monoisotopic (exact) mass is 424 g/mol. The Morgan fingerprint density at radius 3 is 2.35 bits per heavy atom. The van der Waals surface area contributed by atoms with Gasteiger partial charge in [-0.05, 0) is 49.8 Å². The fourth-order valence-corrected chi connectivity index (χ4v) is 4.22. The molecular formula is C25H32N2O4. The van der Waals surface area contributed by atoms with Crippen molar-refractivity contribution in [1.82, 2.24) is 10.6 Å². The fourth-order valence-electron chi connectivity index (χ4n) is 4.22. The molecule has 0 spiro atoms. The predicted octanol–water partition coefficient (Wildman–Crippen LogP) is 4.44. The third-order valence-corrected chi connectivity index (χ3v) is 6.01. The van der Waals surface area contributed by atoms with E-state index < -0.39 is 0 Å². The van der Waals surface area contributed by atoms with Crippen molar-refractivity contribution in [2.24, 2.45) is 0 Å². The smallest absolute Gasteiger partial charge is 0.407 e. The van der Waals surface area contributed by atoms with E-state index in [4.69, 9.17) is 9.47 Å². The number of hydrogen-bond donors (Lipinski definition) is 2. The molecule has 0 atom stereocenters. The number of ether oxygens (including phenoxy) is 2. The average molecular weight is 425 g/mol. The van der Waals surface area contributed by atoms with E-state index in [2.05, 4.69) is 22.8 Å². The molecule has 31 heavy (non-hydrogen) atoms. The molecule has 1 saturated carbocycles. The fraction of sp³-hybridized carbons (Fsp3) is 0.440. The SMILES string of the molecule is CCCNC(=O)O[C@H]1CC[C@@](CNC(=O)c2ccccc2OC)(c2ccccc2)CC1. The third-order valence-electron chi connectivity index (χ3n) is 6.01. The van der Waals surface area contributed by atoms with Crippen molar-refractivity contribution in [2.45, 2.75) is 50.5 Å². The number of hydrogen-bond acceptors (Lipinski definition) is 4. The van der Waals surface area contributed by atoms with E-state index >= 15 is 0 Å². The predicted molar refractivity (Wildman–Crippen MR) is 120 cm³/mol. The van der Waals surface area contributed by atoms with Crippen molar-refractivity contribution < 1.29 is 19.1 Å². The lowest BCUT2D eigenvalue weighted by molar-refractivity contribution is 0.0565. The number of carbonyl (C=O) groups is 2. The molecule has 6 nitrogen and oxygen atoms in total. The van der Waals surface area contributed by atoms with Gasteiger partial charge in [-0.2, -0.15) is 0 Å². The number of benzene rings is 2. The zero-order valence-electron chi connectivity index (χ0n) is 18.4. The van der Waals surface area contributed by atoms with Crippen LogP contribution in [-0.4, -0.2) is 38.3 Å². The van der Waals surface area contributed by atoms with Crippen molar-refractivity contribution in [2.75, 3.05) is 20.2 Å². The Hall–Kier alpha value is -3.02. The Labute approximate surface area is 184 Å². The second-order valence-electron chi connectivity index (χ2n) is 8.06. The molecule has 6 heteroatoms. The molecule has 1 aliphatic rings. The van der Waals surface area contributed by atoms with Gasteiger partial charge < -0.3 is 20.1 Å². The van der Waals surface area contributed by atoms with Crippen LogP contribution in [0.15, 0.2) is 54.6 Å². The van der Waals surface area contributed by atoms with Gasteiger partial charge in [0.2, 0.25) is 0 Å². The first-order valence-electron chi connectivity index (χ1n) is 11.0. The topological polar surface area (TPSA) is 76.7 Å². The molecule has 0 aliphatic heterocycles. The van der Waals surface area contributed by atoms with Crippen LogP contribution in [0.3, 0.4) is 0 Å². The second-order valence-corrected chi connectivity index (χ2v) is 8.06. The zero-order chi connectivity index (χ0) is 22.1. The second kappa shape index (κ2) is 10.8. The van der Waals surface area contributed by atoms with Crippen molar-refractivity contribution >= 4 is 12.0 Å². The summed E-state index contributed by atoms with van der Waals surface area (Å²) in [4.78, 5) is 24.8. The van der Waals surface area contributed by atoms with Gasteiger partial charge in [-0.25, -0.2) is 4.79 Å². The van der Waals surface area contributed by atoms with E-state index in [0.29, 0.717) is 24.4 Å². The van der Waals surface area contributed by atoms with Gasteiger partial charge in [0.1, 0.15) is 11.9 Å². The molecule has 2 aromatic carbocycles. The van der Waals surface area contributed by atoms with Gasteiger partial charge in [0.15, 0.2) is 0 Å². The lowest BCUT2D eigenvalue weighted by atomic mass is 9.68. The minimum absolute atomic E-state index is 0.0985. The Morgan fingerprint density at radius 1 is 1.00 bits per heavy atom. The molecule has 2 amide bonds. The van der Waals surface area contributed by atoms with Crippen LogP contribution in [0.1, 0.15) is 54.9 Å². The molecule has 3 rings (SSSR count). The number of alkyl carbamates (subject to hydrolysis) is 1. The average Bonchev–Trinajstić information content (AvgIpc) is 2.82. The number of rotatable bonds is 8. The first-order valence-corrected chi connectivity index (χ1v) is 11.0. The molecule has 0 aromatic heterocycles. The molecule has 0 heterocycles. The minimum Gasteiger partial charge on any atom is -0.496 e. The lowest BCUT2D eigenvalue weighted by Gasteiger charge is -2.40. The summed E-state index contributed by atoms with van der Waals surface area (Å²) in [5.74, 6) is 0.411. The van der Waals surface area contributed by atoms with Gasteiger partial charge >= 0.3 is 6.09 Å². The highest BCUT2D eigenvalue weighted by Gasteiger charge is 2.38. The van der Waals surface area contributed by atoms with E-state index in [0.717, 1.165) is 32.1 Å². The van der Waals surface area contributed by atoms with Crippen LogP contribution >= 0.6 is 0 Å². The summed E-state index contributed by atoms with van der Waals surface area (Å²) in [6, 6.07) is 17.5. The summed E-state index contributed by atoms with van der Waals surface area (Å²) in [6.45, 7) is 3.14. The van der Waals surface area contributed by atoms with E-state index in [9.17, 15) is 9.59 Å². The molecule has 166 valence electrons. The standard InChI is InChI=1S/C25H32N2O4/c1-3-17-26-24(29)31-20-13-15-25(16-14-20,19-9-5-4-6-10-19)18-27-23(28)21-11-7-8-12-22(21)30-2/h4-12,20H,3,13-18H2,1-2H3,(H,26,29)(H,27,28)/t20-,25+. The summed E-state index contributed by atoms with van der Waals surface area (Å²) in [5.41, 5.74) is 1.53. The van der Waals surface area contributed by atoms with E-state index in [1.165, 1.54) is 5.56 Å². The molecule has 0 unspecified atom stereocenters. The van der Waals surface area contributed by atoms with Crippen LogP contribution < -0.4 is 15.4 Å². The molecule has 2 aromatic rings. The maximum absolute atomic E-state index is 12.9. The molecule has 1 fully saturated rings. The summed E-state index contributed by atoms with van der Waals surface area (Å²) in [7, 11) is 1.56. The van der Waals surface area contributed by atoms with Crippen LogP contribution in [0.25, 0.3) is 0 Å². The number of amides is 2. The van der Waals surface area contributed by atoms with Crippen LogP contribution in [0, 0.1) is 0 Å². The van der Waals surface area contributed by atoms with Crippen molar-refractivity contribution in [3.8, 4) is 5.75 Å². The van der Waals surface area contributed by atoms with Gasteiger partial charge in [-0.3, -0.25) is 4.79 Å². The Bertz CT molecular complexity index is 861. The highest BCUT2D eigenvalue weighted by atomic mass is 16.6. The maximum Gasteiger partial charge on any atom is 0.407 e. The van der Waals surface area contributed by atoms with Gasteiger partial charge in [0, 0.05) is 18.5 Å². The van der Waals surface area contributed by atoms with Gasteiger partial charge in [-0.15, -0.1) is 0 Å². The quantitative estimate of drug-likeness (QED) is 0.657. The van der Waals surface area contributed by atoms with Gasteiger partial charge in [-0.1, -0.05) is 49.4 Å². The largest absolute Gasteiger partial charge is 0.496 e. The minimum atomic E-state index is -0.344. The highest BCUT2D eigenvalue weighted by molar-refractivity contribution is 5.96. The number of carbonyl (C=O) groups excluding carboxylic acids is 2. The molecule has 0 saturated heterocycles. The van der Waals surface area contributed by atoms with Gasteiger partial charge in [0.05, 0.1) is 12.7 Å². The normalized spacial score (nSPS) is 20.5. The number of nitrogens with one attached hydrogen (secondary N) is 2. The third kappa shape index (κ3) is 5.78. The Morgan fingerprint density at radius 2 is 1.68 bits per heavy atom. The zero-order valence-corrected chi connectivity index (χ0v) is 18.4. The van der Waals surface area contributed by atoms with Crippen LogP contribution in [0.5, 0.6) is 5.75 Å². The molecular weight excluding hydrogens is 392 g/mol. The first kappa shape index (κ1) is 22.7. The van der Waals surface area contributed by atoms with Crippen molar-refractivity contribution in [1.29, 1.82) is 0 Å². The van der Waals surface area contributed by atoms with E-state index in [-0.39, 0.29) is 23.5 Å². The molecule has 0 radical (unpaired) electrons. The van der Waals surface area contributed by atoms with Crippen LogP contribution in [0.4, 0.5) is 4.79 Å². The van der Waals surface area contributed by atoms with E-state index in [1.54, 1.807) is 19.2 Å². The van der Waals surface area contributed by atoms with E-state index in [1.807, 2.05) is 37.3 Å². The maximum atomic E-state index is 12.9. The summed E-state index contributed by atoms with van der Waals surface area (Å²) in [6.07, 6.45) is 3.62. The lowest BCUT2D eigenvalue weighted by Crippen LogP contribution is -2.45.